The van der Waals surface area contributed by atoms with Crippen LogP contribution in [0.4, 0.5) is 0 Å². The van der Waals surface area contributed by atoms with Crippen molar-refractivity contribution in [3.05, 3.63) is 0 Å². The van der Waals surface area contributed by atoms with Gasteiger partial charge in [-0.3, -0.25) is 0 Å². The number of hydrogen-bond acceptors (Lipinski definition) is 3. The van der Waals surface area contributed by atoms with E-state index in [0.717, 1.165) is 13.2 Å². The molecule has 2 aliphatic rings. The van der Waals surface area contributed by atoms with E-state index in [4.69, 9.17) is 14.2 Å². The molecule has 0 amide bonds. The second kappa shape index (κ2) is 18.3. The lowest BCUT2D eigenvalue weighted by molar-refractivity contribution is -0.0557. The van der Waals surface area contributed by atoms with Gasteiger partial charge in [0.15, 0.2) is 0 Å². The maximum absolute atomic E-state index is 6.76. The van der Waals surface area contributed by atoms with Gasteiger partial charge >= 0.3 is 0 Å². The summed E-state index contributed by atoms with van der Waals surface area (Å²) in [5.74, 6) is 0. The van der Waals surface area contributed by atoms with E-state index in [1.807, 2.05) is 0 Å². The molecule has 2 saturated heterocycles. The van der Waals surface area contributed by atoms with Crippen molar-refractivity contribution in [1.82, 2.24) is 0 Å². The Bertz CT molecular complexity index is 356. The Labute approximate surface area is 194 Å². The van der Waals surface area contributed by atoms with Crippen LogP contribution in [-0.2, 0) is 14.2 Å². The highest BCUT2D eigenvalue weighted by Crippen LogP contribution is 2.23. The summed E-state index contributed by atoms with van der Waals surface area (Å²) in [7, 11) is 0. The molecule has 0 saturated carbocycles. The van der Waals surface area contributed by atoms with Gasteiger partial charge in [-0.15, -0.1) is 0 Å². The van der Waals surface area contributed by atoms with E-state index < -0.39 is 0 Å². The molecule has 31 heavy (non-hydrogen) atoms. The van der Waals surface area contributed by atoms with Gasteiger partial charge in [0.1, 0.15) is 0 Å². The van der Waals surface area contributed by atoms with Gasteiger partial charge in [-0.2, -0.15) is 0 Å². The predicted molar refractivity (Wildman–Crippen MR) is 132 cm³/mol. The summed E-state index contributed by atoms with van der Waals surface area (Å²) in [4.78, 5) is 0. The van der Waals surface area contributed by atoms with Crippen molar-refractivity contribution in [3.63, 3.8) is 0 Å². The van der Waals surface area contributed by atoms with Gasteiger partial charge in [0.25, 0.3) is 0 Å². The average Bonchev–Trinajstić information content (AvgIpc) is 2.71. The largest absolute Gasteiger partial charge is 0.378 e. The molecule has 0 spiro atoms. The van der Waals surface area contributed by atoms with Crippen LogP contribution in [0.3, 0.4) is 0 Å². The predicted octanol–water partition coefficient (Wildman–Crippen LogP) is 8.38. The van der Waals surface area contributed by atoms with Crippen LogP contribution in [-0.4, -0.2) is 37.6 Å². The third-order valence-corrected chi connectivity index (χ3v) is 7.34. The fourth-order valence-corrected chi connectivity index (χ4v) is 4.92. The first-order valence-corrected chi connectivity index (χ1v) is 14.2. The zero-order chi connectivity index (χ0) is 22.0. The molecule has 184 valence electrons. The van der Waals surface area contributed by atoms with E-state index in [1.54, 1.807) is 0 Å². The highest BCUT2D eigenvalue weighted by Gasteiger charge is 2.19. The number of ether oxygens (including phenoxy) is 3. The maximum Gasteiger partial charge on any atom is 0.0597 e. The Hall–Kier alpha value is -0.120. The third-order valence-electron chi connectivity index (χ3n) is 7.34. The first kappa shape index (κ1) is 27.1. The number of hydrogen-bond donors (Lipinski definition) is 0. The van der Waals surface area contributed by atoms with Crippen LogP contribution < -0.4 is 0 Å². The summed E-state index contributed by atoms with van der Waals surface area (Å²) in [6.07, 6.45) is 28.4. The van der Waals surface area contributed by atoms with Gasteiger partial charge in [-0.05, 0) is 51.4 Å². The van der Waals surface area contributed by atoms with Crippen LogP contribution in [0.25, 0.3) is 0 Å². The van der Waals surface area contributed by atoms with Crippen molar-refractivity contribution < 1.29 is 14.2 Å². The van der Waals surface area contributed by atoms with Crippen LogP contribution in [0, 0.1) is 0 Å². The minimum atomic E-state index is 0.493. The molecule has 0 bridgehead atoms. The van der Waals surface area contributed by atoms with Crippen LogP contribution in [0.5, 0.6) is 0 Å². The van der Waals surface area contributed by atoms with Crippen molar-refractivity contribution in [2.24, 2.45) is 0 Å². The Morgan fingerprint density at radius 1 is 0.581 bits per heavy atom. The summed E-state index contributed by atoms with van der Waals surface area (Å²) in [6.45, 7) is 6.61. The fourth-order valence-electron chi connectivity index (χ4n) is 4.92. The lowest BCUT2D eigenvalue weighted by Gasteiger charge is -2.27. The molecule has 2 aliphatic heterocycles. The van der Waals surface area contributed by atoms with Gasteiger partial charge in [0, 0.05) is 13.2 Å². The van der Waals surface area contributed by atoms with Crippen LogP contribution in [0.1, 0.15) is 142 Å². The zero-order valence-electron chi connectivity index (χ0n) is 21.1. The molecular formula is C28H54O3. The molecule has 4 unspecified atom stereocenters. The Morgan fingerprint density at radius 2 is 0.968 bits per heavy atom. The average molecular weight is 439 g/mol. The molecule has 3 heteroatoms. The quantitative estimate of drug-likeness (QED) is 0.159. The smallest absolute Gasteiger partial charge is 0.0597 e. The van der Waals surface area contributed by atoms with Crippen molar-refractivity contribution in [1.29, 1.82) is 0 Å². The fraction of sp³-hybridized carbons (Fsp3) is 1.00. The molecule has 4 atom stereocenters. The van der Waals surface area contributed by atoms with Gasteiger partial charge < -0.3 is 14.2 Å². The molecule has 0 aromatic heterocycles. The van der Waals surface area contributed by atoms with E-state index in [0.29, 0.717) is 24.4 Å². The monoisotopic (exact) mass is 438 g/mol. The van der Waals surface area contributed by atoms with E-state index in [1.165, 1.54) is 128 Å². The SMILES string of the molecule is CCCCC(CCCCCCC1CCO1)OC(CCCC)CCCCCCC1CCO1. The van der Waals surface area contributed by atoms with Crippen LogP contribution in [0.2, 0.25) is 0 Å². The summed E-state index contributed by atoms with van der Waals surface area (Å²) in [5, 5.41) is 0. The minimum Gasteiger partial charge on any atom is -0.378 e. The highest BCUT2D eigenvalue weighted by atomic mass is 16.5. The topological polar surface area (TPSA) is 27.7 Å². The Morgan fingerprint density at radius 3 is 1.32 bits per heavy atom. The van der Waals surface area contributed by atoms with Crippen LogP contribution in [0.15, 0.2) is 0 Å². The summed E-state index contributed by atoms with van der Waals surface area (Å²) < 4.78 is 17.8. The van der Waals surface area contributed by atoms with E-state index in [-0.39, 0.29) is 0 Å². The molecule has 2 fully saturated rings. The summed E-state index contributed by atoms with van der Waals surface area (Å²) in [6, 6.07) is 0. The summed E-state index contributed by atoms with van der Waals surface area (Å²) in [5.41, 5.74) is 0. The standard InChI is InChI=1S/C28H54O3/c1-3-5-15-27(19-13-9-7-11-17-25-21-23-29-25)31-28(16-6-4-2)20-14-10-8-12-18-26-22-24-30-26/h25-28H,3-24H2,1-2H3. The lowest BCUT2D eigenvalue weighted by Crippen LogP contribution is -2.26. The molecular weight excluding hydrogens is 384 g/mol. The van der Waals surface area contributed by atoms with Gasteiger partial charge in [0.2, 0.25) is 0 Å². The van der Waals surface area contributed by atoms with Crippen LogP contribution >= 0.6 is 0 Å². The molecule has 2 rings (SSSR count). The van der Waals surface area contributed by atoms with Gasteiger partial charge in [0.05, 0.1) is 24.4 Å². The maximum atomic E-state index is 6.76. The molecule has 0 N–H and O–H groups in total. The second-order valence-corrected chi connectivity index (χ2v) is 10.2. The van der Waals surface area contributed by atoms with Crippen molar-refractivity contribution in [3.8, 4) is 0 Å². The Kier molecular flexibility index (Phi) is 16.0. The van der Waals surface area contributed by atoms with E-state index in [9.17, 15) is 0 Å². The van der Waals surface area contributed by atoms with Crippen molar-refractivity contribution in [2.75, 3.05) is 13.2 Å². The second-order valence-electron chi connectivity index (χ2n) is 10.2. The number of rotatable bonds is 22. The highest BCUT2D eigenvalue weighted by molar-refractivity contribution is 4.69. The van der Waals surface area contributed by atoms with E-state index in [2.05, 4.69) is 13.8 Å². The number of unbranched alkanes of at least 4 members (excludes halogenated alkanes) is 8. The first-order chi connectivity index (χ1) is 15.3. The minimum absolute atomic E-state index is 0.493. The molecule has 0 radical (unpaired) electrons. The normalized spacial score (nSPS) is 22.6. The molecule has 0 aromatic rings. The third kappa shape index (κ3) is 13.2. The van der Waals surface area contributed by atoms with Crippen molar-refractivity contribution in [2.45, 2.75) is 167 Å². The van der Waals surface area contributed by atoms with Gasteiger partial charge in [-0.25, -0.2) is 0 Å². The molecule has 3 nitrogen and oxygen atoms in total. The molecule has 2 heterocycles. The first-order valence-electron chi connectivity index (χ1n) is 14.2. The molecule has 0 aromatic carbocycles. The summed E-state index contributed by atoms with van der Waals surface area (Å²) >= 11 is 0. The van der Waals surface area contributed by atoms with Crippen molar-refractivity contribution >= 4 is 0 Å². The lowest BCUT2D eigenvalue weighted by atomic mass is 9.99. The zero-order valence-corrected chi connectivity index (χ0v) is 21.1. The van der Waals surface area contributed by atoms with Gasteiger partial charge in [-0.1, -0.05) is 90.9 Å². The van der Waals surface area contributed by atoms with E-state index >= 15 is 0 Å². The molecule has 0 aliphatic carbocycles. The Balaban J connectivity index is 1.58.